The summed E-state index contributed by atoms with van der Waals surface area (Å²) < 4.78 is 0. The summed E-state index contributed by atoms with van der Waals surface area (Å²) in [5.74, 6) is -1.04. The van der Waals surface area contributed by atoms with Crippen LogP contribution >= 0.6 is 0 Å². The number of carbonyl (C=O) groups excluding carboxylic acids is 1. The number of carbonyl (C=O) groups is 2. The van der Waals surface area contributed by atoms with Crippen LogP contribution in [-0.2, 0) is 4.79 Å². The first-order valence-corrected chi connectivity index (χ1v) is 5.81. The molecule has 1 aromatic rings. The van der Waals surface area contributed by atoms with E-state index in [1.807, 2.05) is 6.92 Å². The van der Waals surface area contributed by atoms with E-state index in [1.54, 1.807) is 32.2 Å². The molecule has 98 valence electrons. The number of anilines is 1. The molecule has 0 radical (unpaired) electrons. The normalized spacial score (nSPS) is 11.7. The Morgan fingerprint density at radius 3 is 2.50 bits per heavy atom. The Morgan fingerprint density at radius 1 is 1.39 bits per heavy atom. The van der Waals surface area contributed by atoms with Gasteiger partial charge >= 0.3 is 5.97 Å². The second kappa shape index (κ2) is 6.05. The number of hydrogen-bond acceptors (Lipinski definition) is 3. The van der Waals surface area contributed by atoms with E-state index in [0.29, 0.717) is 12.0 Å². The highest BCUT2D eigenvalue weighted by atomic mass is 16.4. The Labute approximate surface area is 106 Å². The largest absolute Gasteiger partial charge is 0.480 e. The number of rotatable bonds is 5. The molecule has 0 heterocycles. The topological polar surface area (TPSA) is 78.4 Å². The Hall–Kier alpha value is -2.04. The van der Waals surface area contributed by atoms with Crippen LogP contribution in [0, 0.1) is 6.92 Å². The molecule has 1 unspecified atom stereocenters. The summed E-state index contributed by atoms with van der Waals surface area (Å²) in [5.41, 5.74) is 2.14. The van der Waals surface area contributed by atoms with Crippen molar-refractivity contribution in [3.8, 4) is 0 Å². The predicted octanol–water partition coefficient (Wildman–Crippen LogP) is 1.63. The lowest BCUT2D eigenvalue weighted by molar-refractivity contribution is -0.137. The van der Waals surface area contributed by atoms with Gasteiger partial charge in [-0.25, -0.2) is 4.79 Å². The van der Waals surface area contributed by atoms with E-state index in [4.69, 9.17) is 5.11 Å². The van der Waals surface area contributed by atoms with Crippen LogP contribution in [0.2, 0.25) is 0 Å². The molecule has 0 aliphatic rings. The second-order valence-electron chi connectivity index (χ2n) is 4.05. The fourth-order valence-corrected chi connectivity index (χ4v) is 1.64. The highest BCUT2D eigenvalue weighted by molar-refractivity contribution is 5.94. The number of carboxylic acids is 1. The summed E-state index contributed by atoms with van der Waals surface area (Å²) in [6.07, 6.45) is 0.492. The molecule has 1 amide bonds. The van der Waals surface area contributed by atoms with E-state index in [2.05, 4.69) is 10.6 Å². The maximum atomic E-state index is 11.4. The van der Waals surface area contributed by atoms with Crippen molar-refractivity contribution in [2.45, 2.75) is 26.3 Å². The molecule has 1 rings (SSSR count). The molecule has 1 aromatic carbocycles. The van der Waals surface area contributed by atoms with E-state index in [1.165, 1.54) is 0 Å². The Bertz CT molecular complexity index is 458. The van der Waals surface area contributed by atoms with Gasteiger partial charge in [0.2, 0.25) is 0 Å². The molecule has 0 aliphatic heterocycles. The Morgan fingerprint density at radius 2 is 2.06 bits per heavy atom. The fourth-order valence-electron chi connectivity index (χ4n) is 1.64. The van der Waals surface area contributed by atoms with Crippen molar-refractivity contribution in [2.75, 3.05) is 12.4 Å². The van der Waals surface area contributed by atoms with Gasteiger partial charge < -0.3 is 15.7 Å². The van der Waals surface area contributed by atoms with Crippen molar-refractivity contribution in [1.82, 2.24) is 5.32 Å². The minimum atomic E-state index is -0.882. The van der Waals surface area contributed by atoms with E-state index < -0.39 is 12.0 Å². The van der Waals surface area contributed by atoms with Crippen LogP contribution in [0.5, 0.6) is 0 Å². The highest BCUT2D eigenvalue weighted by Crippen LogP contribution is 2.18. The maximum absolute atomic E-state index is 11.4. The average molecular weight is 250 g/mol. The van der Waals surface area contributed by atoms with E-state index in [-0.39, 0.29) is 5.91 Å². The molecular weight excluding hydrogens is 232 g/mol. The van der Waals surface area contributed by atoms with Crippen LogP contribution in [0.3, 0.4) is 0 Å². The van der Waals surface area contributed by atoms with Crippen LogP contribution in [0.4, 0.5) is 5.69 Å². The number of hydrogen-bond donors (Lipinski definition) is 3. The van der Waals surface area contributed by atoms with E-state index in [9.17, 15) is 9.59 Å². The lowest BCUT2D eigenvalue weighted by atomic mass is 10.1. The molecule has 5 heteroatoms. The summed E-state index contributed by atoms with van der Waals surface area (Å²) in [4.78, 5) is 22.4. The molecular formula is C13H18N2O3. The van der Waals surface area contributed by atoms with Gasteiger partial charge in [-0.3, -0.25) is 4.79 Å². The van der Waals surface area contributed by atoms with Gasteiger partial charge in [0.25, 0.3) is 5.91 Å². The maximum Gasteiger partial charge on any atom is 0.326 e. The molecule has 0 aliphatic carbocycles. The van der Waals surface area contributed by atoms with Crippen LogP contribution in [0.1, 0.15) is 29.3 Å². The Kier molecular flexibility index (Phi) is 4.71. The monoisotopic (exact) mass is 250 g/mol. The summed E-state index contributed by atoms with van der Waals surface area (Å²) in [6, 6.07) is 4.51. The smallest absolute Gasteiger partial charge is 0.326 e. The number of nitrogens with one attached hydrogen (secondary N) is 2. The summed E-state index contributed by atoms with van der Waals surface area (Å²) >= 11 is 0. The third kappa shape index (κ3) is 3.23. The molecule has 1 atom stereocenters. The van der Waals surface area contributed by atoms with Crippen molar-refractivity contribution in [3.63, 3.8) is 0 Å². The van der Waals surface area contributed by atoms with E-state index >= 15 is 0 Å². The third-order valence-corrected chi connectivity index (χ3v) is 2.75. The SMILES string of the molecule is CCC(Nc1ccc(C(=O)NC)cc1C)C(=O)O. The van der Waals surface area contributed by atoms with Crippen LogP contribution in [0.15, 0.2) is 18.2 Å². The van der Waals surface area contributed by atoms with Gasteiger partial charge in [0, 0.05) is 18.3 Å². The van der Waals surface area contributed by atoms with Gasteiger partial charge in [0.1, 0.15) is 6.04 Å². The predicted molar refractivity (Wildman–Crippen MR) is 69.9 cm³/mol. The molecule has 0 saturated carbocycles. The van der Waals surface area contributed by atoms with Crippen molar-refractivity contribution in [1.29, 1.82) is 0 Å². The Balaban J connectivity index is 2.92. The minimum Gasteiger partial charge on any atom is -0.480 e. The van der Waals surface area contributed by atoms with Crippen molar-refractivity contribution >= 4 is 17.6 Å². The van der Waals surface area contributed by atoms with Crippen molar-refractivity contribution < 1.29 is 14.7 Å². The highest BCUT2D eigenvalue weighted by Gasteiger charge is 2.15. The van der Waals surface area contributed by atoms with Crippen LogP contribution in [-0.4, -0.2) is 30.1 Å². The summed E-state index contributed by atoms with van der Waals surface area (Å²) in [5, 5.41) is 14.5. The third-order valence-electron chi connectivity index (χ3n) is 2.75. The van der Waals surface area contributed by atoms with Crippen LogP contribution < -0.4 is 10.6 Å². The molecule has 0 spiro atoms. The quantitative estimate of drug-likeness (QED) is 0.742. The van der Waals surface area contributed by atoms with Gasteiger partial charge in [-0.1, -0.05) is 6.92 Å². The zero-order valence-electron chi connectivity index (χ0n) is 10.8. The molecule has 18 heavy (non-hydrogen) atoms. The number of benzene rings is 1. The molecule has 5 nitrogen and oxygen atoms in total. The lowest BCUT2D eigenvalue weighted by Crippen LogP contribution is -2.28. The van der Waals surface area contributed by atoms with Crippen molar-refractivity contribution in [3.05, 3.63) is 29.3 Å². The van der Waals surface area contributed by atoms with E-state index in [0.717, 1.165) is 11.3 Å². The second-order valence-corrected chi connectivity index (χ2v) is 4.05. The number of amides is 1. The first kappa shape index (κ1) is 14.0. The summed E-state index contributed by atoms with van der Waals surface area (Å²) in [7, 11) is 1.57. The minimum absolute atomic E-state index is 0.157. The summed E-state index contributed by atoms with van der Waals surface area (Å²) in [6.45, 7) is 3.64. The first-order chi connectivity index (χ1) is 8.49. The molecule has 0 bridgehead atoms. The zero-order chi connectivity index (χ0) is 13.7. The number of aliphatic carboxylic acids is 1. The lowest BCUT2D eigenvalue weighted by Gasteiger charge is -2.16. The van der Waals surface area contributed by atoms with Crippen molar-refractivity contribution in [2.24, 2.45) is 0 Å². The molecule has 0 saturated heterocycles. The molecule has 3 N–H and O–H groups in total. The van der Waals surface area contributed by atoms with Gasteiger partial charge in [-0.05, 0) is 37.1 Å². The first-order valence-electron chi connectivity index (χ1n) is 5.81. The number of carboxylic acid groups (broad SMARTS) is 1. The average Bonchev–Trinajstić information content (AvgIpc) is 2.35. The standard InChI is InChI=1S/C13H18N2O3/c1-4-10(13(17)18)15-11-6-5-9(7-8(11)2)12(16)14-3/h5-7,10,15H,4H2,1-3H3,(H,14,16)(H,17,18). The van der Waals surface area contributed by atoms with Gasteiger partial charge in [0.15, 0.2) is 0 Å². The van der Waals surface area contributed by atoms with Gasteiger partial charge in [-0.2, -0.15) is 0 Å². The van der Waals surface area contributed by atoms with Gasteiger partial charge in [0.05, 0.1) is 0 Å². The van der Waals surface area contributed by atoms with Gasteiger partial charge in [-0.15, -0.1) is 0 Å². The van der Waals surface area contributed by atoms with Crippen LogP contribution in [0.25, 0.3) is 0 Å². The molecule has 0 aromatic heterocycles. The molecule has 0 fully saturated rings. The fraction of sp³-hybridized carbons (Fsp3) is 0.385. The zero-order valence-corrected chi connectivity index (χ0v) is 10.8. The number of aryl methyl sites for hydroxylation is 1.